The van der Waals surface area contributed by atoms with Crippen molar-refractivity contribution < 1.29 is 17.9 Å². The molecule has 0 heterocycles. The molecule has 98 valence electrons. The highest BCUT2D eigenvalue weighted by atomic mass is 19.4. The van der Waals surface area contributed by atoms with Crippen LogP contribution in [0.25, 0.3) is 0 Å². The molecule has 0 aromatic carbocycles. The monoisotopic (exact) mass is 242 g/mol. The van der Waals surface area contributed by atoms with Gasteiger partial charge in [0.05, 0.1) is 0 Å². The van der Waals surface area contributed by atoms with Gasteiger partial charge in [-0.2, -0.15) is 13.2 Å². The zero-order chi connectivity index (χ0) is 12.4. The highest BCUT2D eigenvalue weighted by Gasteiger charge is 2.25. The van der Waals surface area contributed by atoms with Gasteiger partial charge in [-0.25, -0.2) is 0 Å². The molecule has 3 N–H and O–H groups in total. The van der Waals surface area contributed by atoms with Gasteiger partial charge < -0.3 is 15.8 Å². The number of ether oxygens (including phenoxy) is 1. The van der Waals surface area contributed by atoms with E-state index in [-0.39, 0.29) is 12.5 Å². The molecule has 0 fully saturated rings. The molecule has 0 saturated heterocycles. The van der Waals surface area contributed by atoms with Crippen molar-refractivity contribution in [2.75, 3.05) is 26.8 Å². The molecule has 0 aliphatic carbocycles. The molecule has 0 spiro atoms. The number of methoxy groups -OCH3 is 1. The van der Waals surface area contributed by atoms with Crippen molar-refractivity contribution >= 4 is 0 Å². The molecule has 0 saturated carbocycles. The Labute approximate surface area is 94.5 Å². The molecular formula is C10H21F3N2O. The van der Waals surface area contributed by atoms with Gasteiger partial charge in [-0.15, -0.1) is 0 Å². The third-order valence-electron chi connectivity index (χ3n) is 2.16. The highest BCUT2D eigenvalue weighted by Crippen LogP contribution is 2.21. The molecule has 0 rings (SSSR count). The highest BCUT2D eigenvalue weighted by molar-refractivity contribution is 4.64. The summed E-state index contributed by atoms with van der Waals surface area (Å²) >= 11 is 0. The number of halogens is 3. The Morgan fingerprint density at radius 2 is 2.00 bits per heavy atom. The lowest BCUT2D eigenvalue weighted by Crippen LogP contribution is -2.35. The fourth-order valence-corrected chi connectivity index (χ4v) is 1.23. The number of rotatable bonds is 9. The SMILES string of the molecule is COCCC(N)CNCCCCC(F)(F)F. The van der Waals surface area contributed by atoms with E-state index in [9.17, 15) is 13.2 Å². The smallest absolute Gasteiger partial charge is 0.385 e. The number of unbranched alkanes of at least 4 members (excludes halogenated alkanes) is 1. The van der Waals surface area contributed by atoms with Crippen molar-refractivity contribution in [3.8, 4) is 0 Å². The van der Waals surface area contributed by atoms with Crippen LogP contribution < -0.4 is 11.1 Å². The van der Waals surface area contributed by atoms with E-state index < -0.39 is 12.6 Å². The van der Waals surface area contributed by atoms with Crippen molar-refractivity contribution in [2.24, 2.45) is 5.73 Å². The zero-order valence-corrected chi connectivity index (χ0v) is 9.65. The molecule has 0 aromatic heterocycles. The maximum atomic E-state index is 11.8. The summed E-state index contributed by atoms with van der Waals surface area (Å²) in [5.74, 6) is 0. The van der Waals surface area contributed by atoms with Crippen LogP contribution in [-0.4, -0.2) is 39.0 Å². The van der Waals surface area contributed by atoms with Gasteiger partial charge in [-0.05, 0) is 25.8 Å². The van der Waals surface area contributed by atoms with Crippen molar-refractivity contribution in [1.29, 1.82) is 0 Å². The summed E-state index contributed by atoms with van der Waals surface area (Å²) in [7, 11) is 1.61. The van der Waals surface area contributed by atoms with Gasteiger partial charge in [0.25, 0.3) is 0 Å². The van der Waals surface area contributed by atoms with Crippen LogP contribution >= 0.6 is 0 Å². The zero-order valence-electron chi connectivity index (χ0n) is 9.65. The summed E-state index contributed by atoms with van der Waals surface area (Å²) in [6, 6.07) is 0.00238. The van der Waals surface area contributed by atoms with Gasteiger partial charge in [0, 0.05) is 32.7 Å². The number of alkyl halides is 3. The lowest BCUT2D eigenvalue weighted by Gasteiger charge is -2.12. The second kappa shape index (κ2) is 8.78. The molecular weight excluding hydrogens is 221 g/mol. The Kier molecular flexibility index (Phi) is 8.60. The third kappa shape index (κ3) is 11.7. The fourth-order valence-electron chi connectivity index (χ4n) is 1.23. The Balaban J connectivity index is 3.20. The number of nitrogens with one attached hydrogen (secondary N) is 1. The lowest BCUT2D eigenvalue weighted by molar-refractivity contribution is -0.135. The maximum absolute atomic E-state index is 11.8. The molecule has 16 heavy (non-hydrogen) atoms. The fraction of sp³-hybridized carbons (Fsp3) is 1.00. The number of hydrogen-bond donors (Lipinski definition) is 2. The molecule has 6 heteroatoms. The molecule has 1 unspecified atom stereocenters. The summed E-state index contributed by atoms with van der Waals surface area (Å²) in [5.41, 5.74) is 5.72. The third-order valence-corrected chi connectivity index (χ3v) is 2.16. The average molecular weight is 242 g/mol. The number of nitrogens with two attached hydrogens (primary N) is 1. The van der Waals surface area contributed by atoms with E-state index in [1.165, 1.54) is 0 Å². The lowest BCUT2D eigenvalue weighted by atomic mass is 10.2. The van der Waals surface area contributed by atoms with E-state index >= 15 is 0 Å². The molecule has 3 nitrogen and oxygen atoms in total. The van der Waals surface area contributed by atoms with Gasteiger partial charge in [0.15, 0.2) is 0 Å². The molecule has 0 amide bonds. The topological polar surface area (TPSA) is 47.3 Å². The molecule has 0 aromatic rings. The minimum atomic E-state index is -4.03. The minimum absolute atomic E-state index is 0.00238. The first-order chi connectivity index (χ1) is 7.45. The maximum Gasteiger partial charge on any atom is 0.389 e. The summed E-state index contributed by atoms with van der Waals surface area (Å²) < 4.78 is 40.2. The van der Waals surface area contributed by atoms with Crippen molar-refractivity contribution in [3.05, 3.63) is 0 Å². The van der Waals surface area contributed by atoms with Crippen LogP contribution in [0.4, 0.5) is 13.2 Å². The predicted octanol–water partition coefficient (Wildman–Crippen LogP) is 1.67. The first kappa shape index (κ1) is 15.7. The molecule has 0 aliphatic heterocycles. The van der Waals surface area contributed by atoms with Gasteiger partial charge in [0.1, 0.15) is 0 Å². The first-order valence-corrected chi connectivity index (χ1v) is 5.47. The van der Waals surface area contributed by atoms with Gasteiger partial charge >= 0.3 is 6.18 Å². The predicted molar refractivity (Wildman–Crippen MR) is 57.2 cm³/mol. The second-order valence-corrected chi connectivity index (χ2v) is 3.82. The Bertz CT molecular complexity index is 165. The largest absolute Gasteiger partial charge is 0.389 e. The normalized spacial score (nSPS) is 14.1. The van der Waals surface area contributed by atoms with Gasteiger partial charge in [0.2, 0.25) is 0 Å². The van der Waals surface area contributed by atoms with Crippen LogP contribution in [-0.2, 0) is 4.74 Å². The van der Waals surface area contributed by atoms with Gasteiger partial charge in [-0.1, -0.05) is 0 Å². The van der Waals surface area contributed by atoms with Gasteiger partial charge in [-0.3, -0.25) is 0 Å². The van der Waals surface area contributed by atoms with E-state index in [1.807, 2.05) is 0 Å². The molecule has 0 radical (unpaired) electrons. The van der Waals surface area contributed by atoms with Crippen LogP contribution in [0.2, 0.25) is 0 Å². The summed E-state index contributed by atoms with van der Waals surface area (Å²) in [4.78, 5) is 0. The minimum Gasteiger partial charge on any atom is -0.385 e. The Hall–Kier alpha value is -0.330. The quantitative estimate of drug-likeness (QED) is 0.605. The van der Waals surface area contributed by atoms with E-state index in [4.69, 9.17) is 10.5 Å². The van der Waals surface area contributed by atoms with Crippen molar-refractivity contribution in [1.82, 2.24) is 5.32 Å². The van der Waals surface area contributed by atoms with Crippen LogP contribution in [0.1, 0.15) is 25.7 Å². The van der Waals surface area contributed by atoms with Crippen molar-refractivity contribution in [2.45, 2.75) is 37.9 Å². The standard InChI is InChI=1S/C10H21F3N2O/c1-16-7-4-9(14)8-15-6-3-2-5-10(11,12)13/h9,15H,2-8,14H2,1H3. The summed E-state index contributed by atoms with van der Waals surface area (Å²) in [5, 5.41) is 3.03. The van der Waals surface area contributed by atoms with Crippen LogP contribution in [0.5, 0.6) is 0 Å². The molecule has 1 atom stereocenters. The van der Waals surface area contributed by atoms with E-state index in [0.717, 1.165) is 6.42 Å². The van der Waals surface area contributed by atoms with Crippen LogP contribution in [0, 0.1) is 0 Å². The van der Waals surface area contributed by atoms with E-state index in [0.29, 0.717) is 26.1 Å². The molecule has 0 bridgehead atoms. The second-order valence-electron chi connectivity index (χ2n) is 3.82. The van der Waals surface area contributed by atoms with Crippen LogP contribution in [0.3, 0.4) is 0 Å². The van der Waals surface area contributed by atoms with Crippen molar-refractivity contribution in [3.63, 3.8) is 0 Å². The summed E-state index contributed by atoms with van der Waals surface area (Å²) in [6.07, 6.45) is -3.29. The Morgan fingerprint density at radius 3 is 2.56 bits per heavy atom. The van der Waals surface area contributed by atoms with E-state index in [2.05, 4.69) is 5.32 Å². The van der Waals surface area contributed by atoms with Crippen LogP contribution in [0.15, 0.2) is 0 Å². The Morgan fingerprint density at radius 1 is 1.31 bits per heavy atom. The molecule has 0 aliphatic rings. The average Bonchev–Trinajstić information content (AvgIpc) is 2.18. The number of hydrogen-bond acceptors (Lipinski definition) is 3. The summed E-state index contributed by atoms with van der Waals surface area (Å²) in [6.45, 7) is 1.81. The van der Waals surface area contributed by atoms with E-state index in [1.54, 1.807) is 7.11 Å². The first-order valence-electron chi connectivity index (χ1n) is 5.47.